The third kappa shape index (κ3) is 2.67. The molecule has 0 amide bonds. The Kier molecular flexibility index (Phi) is 4.87. The Labute approximate surface area is 90.3 Å². The molecular weight excluding hydrogens is 194 g/mol. The van der Waals surface area contributed by atoms with Crippen LogP contribution in [0, 0.1) is 0 Å². The molecule has 1 unspecified atom stereocenters. The maximum atomic E-state index is 4.30. The van der Waals surface area contributed by atoms with E-state index in [9.17, 15) is 0 Å². The van der Waals surface area contributed by atoms with E-state index in [1.165, 1.54) is 0 Å². The van der Waals surface area contributed by atoms with Crippen LogP contribution in [0.25, 0.3) is 0 Å². The van der Waals surface area contributed by atoms with E-state index in [4.69, 9.17) is 0 Å². The molecule has 0 aliphatic heterocycles. The average Bonchev–Trinajstić information content (AvgIpc) is 2.63. The molecule has 0 aromatic carbocycles. The zero-order valence-corrected chi connectivity index (χ0v) is 9.97. The molecule has 4 heteroatoms. The van der Waals surface area contributed by atoms with E-state index in [0.29, 0.717) is 6.04 Å². The van der Waals surface area contributed by atoms with E-state index in [2.05, 4.69) is 41.2 Å². The summed E-state index contributed by atoms with van der Waals surface area (Å²) in [5.74, 6) is 2.14. The Morgan fingerprint density at radius 1 is 1.57 bits per heavy atom. The maximum Gasteiger partial charge on any atom is 0.203 e. The summed E-state index contributed by atoms with van der Waals surface area (Å²) in [7, 11) is 0. The van der Waals surface area contributed by atoms with Crippen molar-refractivity contribution in [2.24, 2.45) is 0 Å². The first-order chi connectivity index (χ1) is 6.83. The molecule has 80 valence electrons. The second-order valence-corrected chi connectivity index (χ2v) is 4.12. The van der Waals surface area contributed by atoms with Gasteiger partial charge in [0.25, 0.3) is 0 Å². The molecule has 0 spiro atoms. The number of imidazole rings is 1. The average molecular weight is 213 g/mol. The van der Waals surface area contributed by atoms with Crippen molar-refractivity contribution in [1.82, 2.24) is 9.55 Å². The highest BCUT2D eigenvalue weighted by Crippen LogP contribution is 2.20. The van der Waals surface area contributed by atoms with Gasteiger partial charge in [-0.1, -0.05) is 6.92 Å². The summed E-state index contributed by atoms with van der Waals surface area (Å²) in [6, 6.07) is 0.557. The molecule has 0 aliphatic rings. The van der Waals surface area contributed by atoms with Crippen LogP contribution in [0.15, 0.2) is 12.4 Å². The normalized spacial score (nSPS) is 12.8. The number of rotatable bonds is 6. The fraction of sp³-hybridized carbons (Fsp3) is 0.700. The Hall–Kier alpha value is -0.640. The Morgan fingerprint density at radius 2 is 2.36 bits per heavy atom. The lowest BCUT2D eigenvalue weighted by molar-refractivity contribution is 0.544. The second kappa shape index (κ2) is 5.96. The fourth-order valence-electron chi connectivity index (χ4n) is 1.49. The fourth-order valence-corrected chi connectivity index (χ4v) is 2.27. The Morgan fingerprint density at radius 3 is 2.93 bits per heavy atom. The van der Waals surface area contributed by atoms with Crippen LogP contribution in [0.4, 0.5) is 5.95 Å². The van der Waals surface area contributed by atoms with E-state index in [-0.39, 0.29) is 0 Å². The van der Waals surface area contributed by atoms with Crippen molar-refractivity contribution < 1.29 is 0 Å². The molecule has 0 aliphatic carbocycles. The minimum Gasteiger partial charge on any atom is -0.356 e. The van der Waals surface area contributed by atoms with Crippen LogP contribution >= 0.6 is 11.8 Å². The van der Waals surface area contributed by atoms with Gasteiger partial charge in [0, 0.05) is 30.7 Å². The van der Waals surface area contributed by atoms with E-state index in [0.717, 1.165) is 24.7 Å². The van der Waals surface area contributed by atoms with Crippen LogP contribution in [-0.4, -0.2) is 28.1 Å². The van der Waals surface area contributed by atoms with Gasteiger partial charge in [0.1, 0.15) is 0 Å². The van der Waals surface area contributed by atoms with Crippen LogP contribution in [0.1, 0.15) is 26.3 Å². The van der Waals surface area contributed by atoms with Crippen molar-refractivity contribution in [3.8, 4) is 0 Å². The molecule has 1 atom stereocenters. The van der Waals surface area contributed by atoms with Crippen LogP contribution in [0.3, 0.4) is 0 Å². The molecule has 1 rings (SSSR count). The highest BCUT2D eigenvalue weighted by molar-refractivity contribution is 7.98. The number of nitrogens with one attached hydrogen (secondary N) is 1. The van der Waals surface area contributed by atoms with Crippen LogP contribution in [0.5, 0.6) is 0 Å². The van der Waals surface area contributed by atoms with E-state index < -0.39 is 0 Å². The topological polar surface area (TPSA) is 29.9 Å². The summed E-state index contributed by atoms with van der Waals surface area (Å²) in [6.45, 7) is 5.23. The molecule has 1 aromatic heterocycles. The van der Waals surface area contributed by atoms with Gasteiger partial charge in [-0.3, -0.25) is 0 Å². The number of hydrogen-bond acceptors (Lipinski definition) is 3. The number of hydrogen-bond donors (Lipinski definition) is 1. The first-order valence-electron chi connectivity index (χ1n) is 5.09. The molecule has 3 nitrogen and oxygen atoms in total. The van der Waals surface area contributed by atoms with E-state index in [1.807, 2.05) is 18.0 Å². The summed E-state index contributed by atoms with van der Waals surface area (Å²) >= 11 is 1.88. The zero-order valence-electron chi connectivity index (χ0n) is 9.16. The zero-order chi connectivity index (χ0) is 10.4. The van der Waals surface area contributed by atoms with Crippen molar-refractivity contribution >= 4 is 17.7 Å². The predicted octanol–water partition coefficient (Wildman–Crippen LogP) is 2.63. The number of aromatic nitrogens is 2. The minimum absolute atomic E-state index is 0.557. The highest BCUT2D eigenvalue weighted by Gasteiger charge is 2.11. The lowest BCUT2D eigenvalue weighted by atomic mass is 10.2. The van der Waals surface area contributed by atoms with Gasteiger partial charge in [-0.15, -0.1) is 0 Å². The smallest absolute Gasteiger partial charge is 0.203 e. The van der Waals surface area contributed by atoms with Gasteiger partial charge in [0.2, 0.25) is 5.95 Å². The van der Waals surface area contributed by atoms with Gasteiger partial charge in [-0.25, -0.2) is 4.98 Å². The number of anilines is 1. The van der Waals surface area contributed by atoms with Gasteiger partial charge in [0.15, 0.2) is 0 Å². The highest BCUT2D eigenvalue weighted by atomic mass is 32.2. The van der Waals surface area contributed by atoms with Crippen molar-refractivity contribution in [1.29, 1.82) is 0 Å². The molecule has 1 aromatic rings. The van der Waals surface area contributed by atoms with Crippen LogP contribution in [-0.2, 0) is 0 Å². The maximum absolute atomic E-state index is 4.30. The third-order valence-electron chi connectivity index (χ3n) is 2.23. The van der Waals surface area contributed by atoms with Crippen LogP contribution in [0.2, 0.25) is 0 Å². The molecule has 0 saturated heterocycles. The monoisotopic (exact) mass is 213 g/mol. The SMILES string of the molecule is CCNc1nccn1C(CC)CSC. The molecule has 0 bridgehead atoms. The second-order valence-electron chi connectivity index (χ2n) is 3.21. The van der Waals surface area contributed by atoms with Gasteiger partial charge in [-0.05, 0) is 19.6 Å². The standard InChI is InChI=1S/C10H19N3S/c1-4-9(8-14-3)13-7-6-12-10(13)11-5-2/h6-7,9H,4-5,8H2,1-3H3,(H,11,12). The molecule has 0 fully saturated rings. The van der Waals surface area contributed by atoms with Gasteiger partial charge in [-0.2, -0.15) is 11.8 Å². The summed E-state index contributed by atoms with van der Waals surface area (Å²) in [5.41, 5.74) is 0. The number of thioether (sulfide) groups is 1. The molecule has 0 radical (unpaired) electrons. The quantitative estimate of drug-likeness (QED) is 0.788. The summed E-state index contributed by atoms with van der Waals surface area (Å²) in [5, 5.41) is 3.27. The minimum atomic E-state index is 0.557. The number of nitrogens with zero attached hydrogens (tertiary/aromatic N) is 2. The summed E-state index contributed by atoms with van der Waals surface area (Å²) in [4.78, 5) is 4.30. The Bertz CT molecular complexity index is 260. The molecule has 1 N–H and O–H groups in total. The van der Waals surface area contributed by atoms with Gasteiger partial charge >= 0.3 is 0 Å². The van der Waals surface area contributed by atoms with Crippen molar-refractivity contribution in [3.05, 3.63) is 12.4 Å². The van der Waals surface area contributed by atoms with Crippen molar-refractivity contribution in [2.45, 2.75) is 26.3 Å². The third-order valence-corrected chi connectivity index (χ3v) is 2.95. The summed E-state index contributed by atoms with van der Waals surface area (Å²) < 4.78 is 2.24. The lowest BCUT2D eigenvalue weighted by Crippen LogP contribution is -2.14. The van der Waals surface area contributed by atoms with Crippen LogP contribution < -0.4 is 5.32 Å². The first kappa shape index (κ1) is 11.4. The lowest BCUT2D eigenvalue weighted by Gasteiger charge is -2.18. The molecule has 1 heterocycles. The molecular formula is C10H19N3S. The van der Waals surface area contributed by atoms with Crippen molar-refractivity contribution in [3.63, 3.8) is 0 Å². The predicted molar refractivity (Wildman–Crippen MR) is 64.1 cm³/mol. The molecule has 14 heavy (non-hydrogen) atoms. The summed E-state index contributed by atoms with van der Waals surface area (Å²) in [6.07, 6.45) is 7.21. The van der Waals surface area contributed by atoms with E-state index in [1.54, 1.807) is 0 Å². The Balaban J connectivity index is 2.74. The largest absolute Gasteiger partial charge is 0.356 e. The van der Waals surface area contributed by atoms with E-state index >= 15 is 0 Å². The first-order valence-corrected chi connectivity index (χ1v) is 6.48. The van der Waals surface area contributed by atoms with Gasteiger partial charge in [0.05, 0.1) is 0 Å². The van der Waals surface area contributed by atoms with Crippen molar-refractivity contribution in [2.75, 3.05) is 23.9 Å². The molecule has 0 saturated carbocycles. The van der Waals surface area contributed by atoms with Gasteiger partial charge < -0.3 is 9.88 Å².